The van der Waals surface area contributed by atoms with Gasteiger partial charge in [-0.3, -0.25) is 10.2 Å². The lowest BCUT2D eigenvalue weighted by Crippen LogP contribution is -2.38. The van der Waals surface area contributed by atoms with Gasteiger partial charge in [-0.1, -0.05) is 26.0 Å². The van der Waals surface area contributed by atoms with E-state index in [0.29, 0.717) is 32.1 Å². The number of rotatable bonds is 8. The molecule has 1 aromatic rings. The molecule has 7 nitrogen and oxygen atoms in total. The van der Waals surface area contributed by atoms with Gasteiger partial charge in [0.1, 0.15) is 0 Å². The maximum absolute atomic E-state index is 12.8. The van der Waals surface area contributed by atoms with Crippen molar-refractivity contribution in [2.75, 3.05) is 26.2 Å². The minimum Gasteiger partial charge on any atom is -0.356 e. The average molecular weight is 381 g/mol. The van der Waals surface area contributed by atoms with Crippen molar-refractivity contribution in [3.8, 4) is 0 Å². The van der Waals surface area contributed by atoms with Gasteiger partial charge < -0.3 is 10.2 Å². The van der Waals surface area contributed by atoms with Crippen LogP contribution >= 0.6 is 0 Å². The summed E-state index contributed by atoms with van der Waals surface area (Å²) >= 11 is 0. The van der Waals surface area contributed by atoms with Gasteiger partial charge in [0.25, 0.3) is 10.0 Å². The van der Waals surface area contributed by atoms with E-state index in [0.717, 1.165) is 18.4 Å². The van der Waals surface area contributed by atoms with Crippen LogP contribution in [0.1, 0.15) is 32.8 Å². The van der Waals surface area contributed by atoms with Crippen LogP contribution in [-0.4, -0.2) is 55.7 Å². The molecule has 1 amide bonds. The van der Waals surface area contributed by atoms with Crippen LogP contribution in [0.2, 0.25) is 0 Å². The molecule has 0 saturated carbocycles. The molecule has 8 heteroatoms. The highest BCUT2D eigenvalue weighted by atomic mass is 32.2. The van der Waals surface area contributed by atoms with Gasteiger partial charge in [-0.25, -0.2) is 12.7 Å². The highest BCUT2D eigenvalue weighted by Crippen LogP contribution is 2.22. The number of sulfonamides is 1. The smallest absolute Gasteiger partial charge is 0.266 e. The molecule has 2 rings (SSSR count). The second kappa shape index (κ2) is 8.53. The van der Waals surface area contributed by atoms with Crippen LogP contribution in [0.4, 0.5) is 0 Å². The third-order valence-electron chi connectivity index (χ3n) is 4.22. The maximum Gasteiger partial charge on any atom is 0.266 e. The fraction of sp³-hybridized carbons (Fsp3) is 0.556. The largest absolute Gasteiger partial charge is 0.356 e. The minimum atomic E-state index is -3.70. The monoisotopic (exact) mass is 380 g/mol. The lowest BCUT2D eigenvalue weighted by atomic mass is 10.1. The Hall–Kier alpha value is -2.09. The van der Waals surface area contributed by atoms with Crippen molar-refractivity contribution in [3.05, 3.63) is 29.8 Å². The number of hydrogen-bond donors (Lipinski definition) is 2. The molecule has 0 unspecified atom stereocenters. The fourth-order valence-electron chi connectivity index (χ4n) is 2.95. The van der Waals surface area contributed by atoms with Crippen LogP contribution in [0.15, 0.2) is 29.2 Å². The van der Waals surface area contributed by atoms with E-state index in [9.17, 15) is 13.2 Å². The number of nitrogens with one attached hydrogen (secondary N) is 2. The Labute approximate surface area is 155 Å². The highest BCUT2D eigenvalue weighted by molar-refractivity contribution is 7.89. The quantitative estimate of drug-likeness (QED) is 0.671. The summed E-state index contributed by atoms with van der Waals surface area (Å²) in [4.78, 5) is 12.9. The minimum absolute atomic E-state index is 0.0500. The molecule has 1 aliphatic rings. The molecular weight excluding hydrogens is 352 g/mol. The van der Waals surface area contributed by atoms with Crippen molar-refractivity contribution in [1.82, 2.24) is 14.5 Å². The van der Waals surface area contributed by atoms with Crippen LogP contribution in [0, 0.1) is 11.3 Å². The summed E-state index contributed by atoms with van der Waals surface area (Å²) in [5.74, 6) is 0.374. The van der Waals surface area contributed by atoms with Crippen molar-refractivity contribution >= 4 is 21.9 Å². The molecule has 0 aromatic heterocycles. The first kappa shape index (κ1) is 20.2. The van der Waals surface area contributed by atoms with Crippen LogP contribution in [0.3, 0.4) is 0 Å². The Morgan fingerprint density at radius 3 is 2.46 bits per heavy atom. The number of aryl methyl sites for hydroxylation is 1. The number of carbonyl (C=O) groups is 1. The van der Waals surface area contributed by atoms with Crippen LogP contribution < -0.4 is 5.32 Å². The zero-order chi connectivity index (χ0) is 19.3. The van der Waals surface area contributed by atoms with Gasteiger partial charge >= 0.3 is 0 Å². The zero-order valence-corrected chi connectivity index (χ0v) is 16.5. The SMILES string of the molecule is CC(=O)NCCCc1ccc(S(=O)(=O)N2CCN(CC(C)C)C2=N)cc1. The van der Waals surface area contributed by atoms with Gasteiger partial charge in [0, 0.05) is 26.6 Å². The van der Waals surface area contributed by atoms with Crippen molar-refractivity contribution < 1.29 is 13.2 Å². The average Bonchev–Trinajstić information content (AvgIpc) is 2.93. The van der Waals surface area contributed by atoms with Gasteiger partial charge in [-0.15, -0.1) is 0 Å². The van der Waals surface area contributed by atoms with Gasteiger partial charge in [0.15, 0.2) is 0 Å². The predicted octanol–water partition coefficient (Wildman–Crippen LogP) is 1.65. The first-order chi connectivity index (χ1) is 12.2. The standard InChI is InChI=1S/C18H28N4O3S/c1-14(2)13-21-11-12-22(18(21)19)26(24,25)17-8-6-16(7-9-17)5-4-10-20-15(3)23/h6-9,14,19H,4-5,10-13H2,1-3H3,(H,20,23). The molecule has 0 atom stereocenters. The summed E-state index contributed by atoms with van der Waals surface area (Å²) in [5, 5.41) is 10.9. The second-order valence-corrected chi connectivity index (χ2v) is 8.83. The first-order valence-electron chi connectivity index (χ1n) is 8.91. The van der Waals surface area contributed by atoms with E-state index in [1.165, 1.54) is 11.2 Å². The normalized spacial score (nSPS) is 15.0. The van der Waals surface area contributed by atoms with Gasteiger partial charge in [-0.05, 0) is 36.5 Å². The molecule has 1 aliphatic heterocycles. The maximum atomic E-state index is 12.8. The summed E-state index contributed by atoms with van der Waals surface area (Å²) in [6.45, 7) is 7.73. The summed E-state index contributed by atoms with van der Waals surface area (Å²) in [6.07, 6.45) is 1.56. The van der Waals surface area contributed by atoms with Crippen molar-refractivity contribution in [3.63, 3.8) is 0 Å². The molecule has 144 valence electrons. The fourth-order valence-corrected chi connectivity index (χ4v) is 4.35. The highest BCUT2D eigenvalue weighted by Gasteiger charge is 2.35. The molecule has 1 saturated heterocycles. The van der Waals surface area contributed by atoms with Crippen LogP contribution in [-0.2, 0) is 21.2 Å². The van der Waals surface area contributed by atoms with Crippen molar-refractivity contribution in [1.29, 1.82) is 5.41 Å². The molecule has 0 aliphatic carbocycles. The van der Waals surface area contributed by atoms with Gasteiger partial charge in [0.2, 0.25) is 11.9 Å². The molecule has 0 bridgehead atoms. The lowest BCUT2D eigenvalue weighted by Gasteiger charge is -2.23. The second-order valence-electron chi connectivity index (χ2n) is 6.97. The van der Waals surface area contributed by atoms with Crippen LogP contribution in [0.5, 0.6) is 0 Å². The van der Waals surface area contributed by atoms with E-state index < -0.39 is 10.0 Å². The number of benzene rings is 1. The number of amides is 1. The number of guanidine groups is 1. The first-order valence-corrected chi connectivity index (χ1v) is 10.4. The molecule has 0 radical (unpaired) electrons. The Morgan fingerprint density at radius 2 is 1.88 bits per heavy atom. The van der Waals surface area contributed by atoms with Gasteiger partial charge in [0.05, 0.1) is 11.4 Å². The lowest BCUT2D eigenvalue weighted by molar-refractivity contribution is -0.118. The molecule has 26 heavy (non-hydrogen) atoms. The molecule has 0 spiro atoms. The van der Waals surface area contributed by atoms with E-state index >= 15 is 0 Å². The zero-order valence-electron chi connectivity index (χ0n) is 15.7. The molecule has 1 heterocycles. The Morgan fingerprint density at radius 1 is 1.23 bits per heavy atom. The van der Waals surface area contributed by atoms with E-state index in [1.54, 1.807) is 29.2 Å². The predicted molar refractivity (Wildman–Crippen MR) is 101 cm³/mol. The molecule has 1 aromatic carbocycles. The number of hydrogen-bond acceptors (Lipinski definition) is 4. The third kappa shape index (κ3) is 4.97. The topological polar surface area (TPSA) is 93.6 Å². The summed E-state index contributed by atoms with van der Waals surface area (Å²) in [6, 6.07) is 6.79. The van der Waals surface area contributed by atoms with Crippen molar-refractivity contribution in [2.45, 2.75) is 38.5 Å². The van der Waals surface area contributed by atoms with E-state index in [1.807, 2.05) is 0 Å². The summed E-state index contributed by atoms with van der Waals surface area (Å²) in [5.41, 5.74) is 1.02. The molecule has 2 N–H and O–H groups in total. The Kier molecular flexibility index (Phi) is 6.63. The summed E-state index contributed by atoms with van der Waals surface area (Å²) < 4.78 is 26.8. The van der Waals surface area contributed by atoms with E-state index in [2.05, 4.69) is 19.2 Å². The summed E-state index contributed by atoms with van der Waals surface area (Å²) in [7, 11) is -3.70. The third-order valence-corrected chi connectivity index (χ3v) is 6.03. The van der Waals surface area contributed by atoms with Crippen LogP contribution in [0.25, 0.3) is 0 Å². The Bertz CT molecular complexity index is 744. The molecular formula is C18H28N4O3S. The van der Waals surface area contributed by atoms with E-state index in [4.69, 9.17) is 5.41 Å². The van der Waals surface area contributed by atoms with E-state index in [-0.39, 0.29) is 16.8 Å². The number of carbonyl (C=O) groups excluding carboxylic acids is 1. The van der Waals surface area contributed by atoms with Gasteiger partial charge in [-0.2, -0.15) is 0 Å². The number of nitrogens with zero attached hydrogens (tertiary/aromatic N) is 2. The molecule has 1 fully saturated rings. The Balaban J connectivity index is 2.01. The van der Waals surface area contributed by atoms with Crippen molar-refractivity contribution in [2.24, 2.45) is 5.92 Å².